The van der Waals surface area contributed by atoms with E-state index in [1.54, 1.807) is 6.08 Å². The van der Waals surface area contributed by atoms with E-state index in [-0.39, 0.29) is 6.61 Å². The fourth-order valence-electron chi connectivity index (χ4n) is 5.50. The molecule has 0 saturated heterocycles. The number of rotatable bonds is 34. The van der Waals surface area contributed by atoms with E-state index < -0.39 is 24.2 Å². The number of amides is 1. The summed E-state index contributed by atoms with van der Waals surface area (Å²) in [6, 6.07) is -0.824. The van der Waals surface area contributed by atoms with Crippen molar-refractivity contribution in [2.75, 3.05) is 6.61 Å². The van der Waals surface area contributed by atoms with Gasteiger partial charge in [-0.1, -0.05) is 159 Å². The van der Waals surface area contributed by atoms with Crippen LogP contribution in [0.2, 0.25) is 0 Å². The summed E-state index contributed by atoms with van der Waals surface area (Å²) in [5, 5.41) is 32.9. The quantitative estimate of drug-likeness (QED) is 0.0414. The molecule has 0 saturated carbocycles. The van der Waals surface area contributed by atoms with Crippen molar-refractivity contribution in [2.45, 2.75) is 199 Å². The first-order chi connectivity index (χ1) is 22.6. The number of carbonyl (C=O) groups is 1. The molecule has 0 rings (SSSR count). The smallest absolute Gasteiger partial charge is 0.249 e. The normalized spacial score (nSPS) is 14.3. The lowest BCUT2D eigenvalue weighted by Gasteiger charge is -2.21. The minimum Gasteiger partial charge on any atom is -0.394 e. The summed E-state index contributed by atoms with van der Waals surface area (Å²) >= 11 is 0. The van der Waals surface area contributed by atoms with E-state index in [9.17, 15) is 20.1 Å². The summed E-state index contributed by atoms with van der Waals surface area (Å²) in [5.74, 6) is -0.530. The highest BCUT2D eigenvalue weighted by Crippen LogP contribution is 2.13. The van der Waals surface area contributed by atoms with Crippen LogP contribution in [0.3, 0.4) is 0 Å². The molecule has 0 aromatic carbocycles. The Morgan fingerprint density at radius 1 is 0.522 bits per heavy atom. The summed E-state index contributed by atoms with van der Waals surface area (Å²) in [4.78, 5) is 12.4. The van der Waals surface area contributed by atoms with Crippen LogP contribution in [0.4, 0.5) is 0 Å². The van der Waals surface area contributed by atoms with Crippen molar-refractivity contribution in [3.63, 3.8) is 0 Å². The number of hydrogen-bond acceptors (Lipinski definition) is 4. The van der Waals surface area contributed by atoms with Gasteiger partial charge in [-0.2, -0.15) is 0 Å². The monoisotopic (exact) mass is 646 g/mol. The second-order valence-electron chi connectivity index (χ2n) is 13.1. The Bertz CT molecular complexity index is 760. The number of carbonyl (C=O) groups excluding carboxylic acids is 1. The van der Waals surface area contributed by atoms with Crippen LogP contribution in [0.25, 0.3) is 0 Å². The van der Waals surface area contributed by atoms with Crippen LogP contribution in [0, 0.1) is 0 Å². The maximum Gasteiger partial charge on any atom is 0.249 e. The van der Waals surface area contributed by atoms with Crippen molar-refractivity contribution in [3.05, 3.63) is 48.6 Å². The summed E-state index contributed by atoms with van der Waals surface area (Å²) in [6.45, 7) is 4.11. The maximum atomic E-state index is 12.4. The minimum atomic E-state index is -1.12. The number of unbranched alkanes of at least 4 members (excludes halogenated alkanes) is 20. The van der Waals surface area contributed by atoms with Crippen LogP contribution >= 0.6 is 0 Å². The van der Waals surface area contributed by atoms with Gasteiger partial charge in [0.05, 0.1) is 18.8 Å². The predicted octanol–water partition coefficient (Wildman–Crippen LogP) is 10.6. The third-order valence-electron chi connectivity index (χ3n) is 8.62. The first-order valence-corrected chi connectivity index (χ1v) is 19.5. The van der Waals surface area contributed by atoms with Crippen LogP contribution in [-0.4, -0.2) is 46.1 Å². The topological polar surface area (TPSA) is 89.8 Å². The van der Waals surface area contributed by atoms with Gasteiger partial charge in [-0.05, 0) is 70.6 Å². The fourth-order valence-corrected chi connectivity index (χ4v) is 5.50. The summed E-state index contributed by atoms with van der Waals surface area (Å²) in [5.41, 5.74) is 0. The number of nitrogens with one attached hydrogen (secondary N) is 1. The van der Waals surface area contributed by atoms with E-state index >= 15 is 0 Å². The van der Waals surface area contributed by atoms with Crippen molar-refractivity contribution in [2.24, 2.45) is 0 Å². The van der Waals surface area contributed by atoms with Gasteiger partial charge in [-0.25, -0.2) is 0 Å². The average Bonchev–Trinajstić information content (AvgIpc) is 3.06. The predicted molar refractivity (Wildman–Crippen MR) is 199 cm³/mol. The summed E-state index contributed by atoms with van der Waals surface area (Å²) in [6.07, 6.45) is 45.7. The molecule has 0 heterocycles. The molecule has 4 N–H and O–H groups in total. The number of aliphatic hydroxyl groups is 3. The highest BCUT2D eigenvalue weighted by molar-refractivity contribution is 5.80. The van der Waals surface area contributed by atoms with E-state index in [1.165, 1.54) is 103 Å². The molecule has 0 aliphatic rings. The number of allylic oxidation sites excluding steroid dienone is 7. The van der Waals surface area contributed by atoms with Crippen molar-refractivity contribution in [1.82, 2.24) is 5.32 Å². The molecule has 0 fully saturated rings. The third-order valence-corrected chi connectivity index (χ3v) is 8.62. The molecule has 5 nitrogen and oxygen atoms in total. The maximum absolute atomic E-state index is 12.4. The van der Waals surface area contributed by atoms with Gasteiger partial charge in [-0.3, -0.25) is 4.79 Å². The van der Waals surface area contributed by atoms with Crippen LogP contribution in [0.15, 0.2) is 48.6 Å². The van der Waals surface area contributed by atoms with E-state index in [4.69, 9.17) is 0 Å². The standard InChI is InChI=1S/C41H75NO4/c1-3-5-7-9-11-13-15-16-17-18-19-20-21-22-23-24-26-27-29-31-33-35-39(44)38(37-43)42-41(46)40(45)36-34-32-30-28-25-14-12-10-8-6-4-2/h12,14,21-22,26-27,33,35,38-40,43-45H,3-11,13,15-20,23-25,28-32,34,36-37H2,1-2H3,(H,42,46)/b14-12-,22-21+,27-26+,35-33+. The van der Waals surface area contributed by atoms with Gasteiger partial charge in [0, 0.05) is 0 Å². The molecule has 0 spiro atoms. The molecule has 0 radical (unpaired) electrons. The Morgan fingerprint density at radius 2 is 0.891 bits per heavy atom. The number of aliphatic hydroxyl groups excluding tert-OH is 3. The molecule has 268 valence electrons. The molecule has 0 aliphatic carbocycles. The van der Waals surface area contributed by atoms with Gasteiger partial charge in [0.25, 0.3) is 0 Å². The SMILES string of the molecule is CCCCC/C=C\CCCCCCC(O)C(=O)NC(CO)C(O)/C=C/CC/C=C/CC/C=C/CCCCCCCCCCCCC. The highest BCUT2D eigenvalue weighted by atomic mass is 16.3. The van der Waals surface area contributed by atoms with Crippen molar-refractivity contribution in [3.8, 4) is 0 Å². The largest absolute Gasteiger partial charge is 0.394 e. The zero-order valence-electron chi connectivity index (χ0n) is 30.2. The summed E-state index contributed by atoms with van der Waals surface area (Å²) < 4.78 is 0. The molecule has 5 heteroatoms. The lowest BCUT2D eigenvalue weighted by molar-refractivity contribution is -0.131. The van der Waals surface area contributed by atoms with Gasteiger partial charge in [0.2, 0.25) is 5.91 Å². The lowest BCUT2D eigenvalue weighted by Crippen LogP contribution is -2.48. The van der Waals surface area contributed by atoms with Gasteiger partial charge in [0.1, 0.15) is 6.10 Å². The molecular weight excluding hydrogens is 570 g/mol. The van der Waals surface area contributed by atoms with Gasteiger partial charge >= 0.3 is 0 Å². The molecule has 0 aliphatic heterocycles. The van der Waals surface area contributed by atoms with Crippen molar-refractivity contribution < 1.29 is 20.1 Å². The zero-order chi connectivity index (χ0) is 33.8. The Kier molecular flexibility index (Phi) is 34.8. The van der Waals surface area contributed by atoms with Crippen LogP contribution in [-0.2, 0) is 4.79 Å². The molecular formula is C41H75NO4. The first kappa shape index (κ1) is 44.3. The molecule has 3 atom stereocenters. The molecule has 46 heavy (non-hydrogen) atoms. The van der Waals surface area contributed by atoms with E-state index in [2.05, 4.69) is 55.6 Å². The molecule has 3 unspecified atom stereocenters. The zero-order valence-corrected chi connectivity index (χ0v) is 30.2. The molecule has 0 aromatic heterocycles. The number of hydrogen-bond donors (Lipinski definition) is 4. The first-order valence-electron chi connectivity index (χ1n) is 19.5. The second-order valence-corrected chi connectivity index (χ2v) is 13.1. The highest BCUT2D eigenvalue weighted by Gasteiger charge is 2.22. The Balaban J connectivity index is 3.81. The summed E-state index contributed by atoms with van der Waals surface area (Å²) in [7, 11) is 0. The molecule has 1 amide bonds. The van der Waals surface area contributed by atoms with E-state index in [0.29, 0.717) is 6.42 Å². The van der Waals surface area contributed by atoms with Crippen molar-refractivity contribution >= 4 is 5.91 Å². The molecule has 0 bridgehead atoms. The fraction of sp³-hybridized carbons (Fsp3) is 0.780. The van der Waals surface area contributed by atoms with Gasteiger partial charge in [0.15, 0.2) is 0 Å². The van der Waals surface area contributed by atoms with Crippen LogP contribution < -0.4 is 5.32 Å². The Morgan fingerprint density at radius 3 is 1.37 bits per heavy atom. The van der Waals surface area contributed by atoms with Crippen LogP contribution in [0.5, 0.6) is 0 Å². The minimum absolute atomic E-state index is 0.386. The van der Waals surface area contributed by atoms with Gasteiger partial charge < -0.3 is 20.6 Å². The Labute approximate surface area is 285 Å². The molecule has 0 aromatic rings. The van der Waals surface area contributed by atoms with Crippen molar-refractivity contribution in [1.29, 1.82) is 0 Å². The Hall–Kier alpha value is -1.69. The lowest BCUT2D eigenvalue weighted by atomic mass is 10.1. The van der Waals surface area contributed by atoms with E-state index in [0.717, 1.165) is 57.8 Å². The van der Waals surface area contributed by atoms with E-state index in [1.807, 2.05) is 6.08 Å². The third kappa shape index (κ3) is 30.9. The second kappa shape index (κ2) is 36.2. The van der Waals surface area contributed by atoms with Crippen LogP contribution in [0.1, 0.15) is 181 Å². The average molecular weight is 646 g/mol. The van der Waals surface area contributed by atoms with Gasteiger partial charge in [-0.15, -0.1) is 0 Å².